The molecule has 1 saturated heterocycles. The van der Waals surface area contributed by atoms with Crippen molar-refractivity contribution in [3.8, 4) is 5.75 Å². The van der Waals surface area contributed by atoms with Crippen LogP contribution in [0.2, 0.25) is 5.02 Å². The molecule has 10 heteroatoms. The number of benzene rings is 2. The largest absolute Gasteiger partial charge is 0.506 e. The maximum Gasteiger partial charge on any atom is 0.310 e. The second-order valence-corrected chi connectivity index (χ2v) is 8.93. The van der Waals surface area contributed by atoms with Crippen molar-refractivity contribution in [1.29, 1.82) is 0 Å². The molecular weight excluding hydrogens is 484 g/mol. The number of aromatic hydroxyl groups is 1. The van der Waals surface area contributed by atoms with E-state index in [-0.39, 0.29) is 40.7 Å². The summed E-state index contributed by atoms with van der Waals surface area (Å²) < 4.78 is 6.99. The number of amides is 2. The van der Waals surface area contributed by atoms with Crippen LogP contribution in [-0.2, 0) is 20.9 Å². The van der Waals surface area contributed by atoms with Crippen molar-refractivity contribution in [2.45, 2.75) is 26.3 Å². The lowest BCUT2D eigenvalue weighted by atomic mass is 9.98. The van der Waals surface area contributed by atoms with E-state index in [0.717, 1.165) is 29.3 Å². The van der Waals surface area contributed by atoms with Crippen molar-refractivity contribution in [2.24, 2.45) is 11.0 Å². The highest BCUT2D eigenvalue weighted by Gasteiger charge is 2.29. The number of nitrogens with zero attached hydrogens (tertiary/aromatic N) is 3. The van der Waals surface area contributed by atoms with E-state index in [2.05, 4.69) is 10.5 Å². The van der Waals surface area contributed by atoms with Crippen LogP contribution >= 0.6 is 11.6 Å². The Hall–Kier alpha value is -3.85. The van der Waals surface area contributed by atoms with Gasteiger partial charge in [-0.05, 0) is 50.1 Å². The average Bonchev–Trinajstić information content (AvgIpc) is 3.29. The molecule has 1 unspecified atom stereocenters. The first-order chi connectivity index (χ1) is 17.4. The lowest BCUT2D eigenvalue weighted by Gasteiger charge is -2.31. The summed E-state index contributed by atoms with van der Waals surface area (Å²) in [7, 11) is 0. The van der Waals surface area contributed by atoms with Gasteiger partial charge in [-0.25, -0.2) is 5.43 Å². The standard InChI is InChI=1S/C26H27ClN4O5/c1-2-36-26(35)19-6-4-11-31(15-19)24(33)16-30-12-10-20-18(5-3-7-22(20)30)14-28-29-25(34)17-8-9-23(32)21(27)13-17/h3,5,7-10,12-14,19,32H,2,4,6,11,15-16H2,1H3,(H,29,34). The van der Waals surface area contributed by atoms with Crippen LogP contribution in [0.5, 0.6) is 5.75 Å². The Kier molecular flexibility index (Phi) is 7.90. The van der Waals surface area contributed by atoms with E-state index in [9.17, 15) is 19.5 Å². The van der Waals surface area contributed by atoms with Gasteiger partial charge < -0.3 is 19.3 Å². The van der Waals surface area contributed by atoms with Crippen LogP contribution in [0.1, 0.15) is 35.7 Å². The Bertz CT molecular complexity index is 1320. The fraction of sp³-hybridized carbons (Fsp3) is 0.308. The molecule has 0 saturated carbocycles. The second-order valence-electron chi connectivity index (χ2n) is 8.52. The monoisotopic (exact) mass is 510 g/mol. The summed E-state index contributed by atoms with van der Waals surface area (Å²) in [6.07, 6.45) is 4.87. The number of likely N-dealkylation sites (tertiary alicyclic amines) is 1. The van der Waals surface area contributed by atoms with Gasteiger partial charge >= 0.3 is 5.97 Å². The Labute approximate surface area is 213 Å². The maximum atomic E-state index is 13.0. The molecule has 36 heavy (non-hydrogen) atoms. The summed E-state index contributed by atoms with van der Waals surface area (Å²) in [6.45, 7) is 3.26. The third-order valence-electron chi connectivity index (χ3n) is 6.13. The SMILES string of the molecule is CCOC(=O)C1CCCN(C(=O)Cn2ccc3c(C=NNC(=O)c4ccc(O)c(Cl)c4)cccc32)C1. The fourth-order valence-corrected chi connectivity index (χ4v) is 4.45. The molecule has 1 fully saturated rings. The number of rotatable bonds is 7. The first-order valence-electron chi connectivity index (χ1n) is 11.7. The van der Waals surface area contributed by atoms with Crippen molar-refractivity contribution in [2.75, 3.05) is 19.7 Å². The first-order valence-corrected chi connectivity index (χ1v) is 12.1. The lowest BCUT2D eigenvalue weighted by molar-refractivity contribution is -0.151. The van der Waals surface area contributed by atoms with Crippen LogP contribution in [0.4, 0.5) is 0 Å². The van der Waals surface area contributed by atoms with Gasteiger partial charge in [-0.1, -0.05) is 23.7 Å². The number of piperidine rings is 1. The van der Waals surface area contributed by atoms with Crippen molar-refractivity contribution < 1.29 is 24.2 Å². The molecule has 4 rings (SSSR count). The first kappa shape index (κ1) is 25.2. The molecule has 0 aliphatic carbocycles. The van der Waals surface area contributed by atoms with E-state index in [1.807, 2.05) is 35.0 Å². The molecular formula is C26H27ClN4O5. The van der Waals surface area contributed by atoms with Crippen molar-refractivity contribution >= 4 is 46.5 Å². The highest BCUT2D eigenvalue weighted by atomic mass is 35.5. The third kappa shape index (κ3) is 5.68. The van der Waals surface area contributed by atoms with Gasteiger partial charge in [0.15, 0.2) is 0 Å². The number of phenols is 1. The molecule has 0 spiro atoms. The molecule has 2 amide bonds. The van der Waals surface area contributed by atoms with Gasteiger partial charge in [-0.3, -0.25) is 14.4 Å². The van der Waals surface area contributed by atoms with Gasteiger partial charge in [0.05, 0.1) is 23.8 Å². The summed E-state index contributed by atoms with van der Waals surface area (Å²) in [5.41, 5.74) is 4.33. The normalized spacial score (nSPS) is 15.8. The predicted molar refractivity (Wildman–Crippen MR) is 136 cm³/mol. The number of aromatic nitrogens is 1. The molecule has 2 heterocycles. The zero-order valence-corrected chi connectivity index (χ0v) is 20.6. The van der Waals surface area contributed by atoms with E-state index in [1.165, 1.54) is 24.4 Å². The molecule has 188 valence electrons. The topological polar surface area (TPSA) is 113 Å². The smallest absolute Gasteiger partial charge is 0.310 e. The Morgan fingerprint density at radius 3 is 2.86 bits per heavy atom. The van der Waals surface area contributed by atoms with E-state index in [1.54, 1.807) is 11.8 Å². The van der Waals surface area contributed by atoms with Crippen molar-refractivity contribution in [3.63, 3.8) is 0 Å². The van der Waals surface area contributed by atoms with Crippen LogP contribution in [0.15, 0.2) is 53.8 Å². The number of carbonyl (C=O) groups is 3. The second kappa shape index (κ2) is 11.3. The maximum absolute atomic E-state index is 13.0. The van der Waals surface area contributed by atoms with E-state index in [0.29, 0.717) is 19.7 Å². The number of hydrogen-bond acceptors (Lipinski definition) is 6. The summed E-state index contributed by atoms with van der Waals surface area (Å²) in [5, 5.41) is 14.5. The van der Waals surface area contributed by atoms with Crippen molar-refractivity contribution in [3.05, 3.63) is 64.8 Å². The number of phenolic OH excluding ortho intramolecular Hbond substituents is 1. The van der Waals surface area contributed by atoms with E-state index >= 15 is 0 Å². The summed E-state index contributed by atoms with van der Waals surface area (Å²) >= 11 is 5.86. The summed E-state index contributed by atoms with van der Waals surface area (Å²) in [5.74, 6) is -1.15. The quantitative estimate of drug-likeness (QED) is 0.286. The molecule has 0 bridgehead atoms. The number of hydrogen-bond donors (Lipinski definition) is 2. The Balaban J connectivity index is 1.42. The van der Waals surface area contributed by atoms with Gasteiger partial charge in [-0.2, -0.15) is 5.10 Å². The summed E-state index contributed by atoms with van der Waals surface area (Å²) in [6, 6.07) is 11.7. The number of esters is 1. The van der Waals surface area contributed by atoms with Crippen LogP contribution < -0.4 is 5.43 Å². The minimum atomic E-state index is -0.467. The molecule has 1 atom stereocenters. The highest BCUT2D eigenvalue weighted by Crippen LogP contribution is 2.24. The number of carbonyl (C=O) groups excluding carboxylic acids is 3. The molecule has 2 aromatic carbocycles. The minimum Gasteiger partial charge on any atom is -0.506 e. The zero-order valence-electron chi connectivity index (χ0n) is 19.8. The molecule has 1 aromatic heterocycles. The Morgan fingerprint density at radius 1 is 1.25 bits per heavy atom. The van der Waals surface area contributed by atoms with E-state index < -0.39 is 5.91 Å². The van der Waals surface area contributed by atoms with Crippen LogP contribution in [0.25, 0.3) is 10.9 Å². The molecule has 1 aliphatic rings. The van der Waals surface area contributed by atoms with Gasteiger partial charge in [0.1, 0.15) is 12.3 Å². The molecule has 3 aromatic rings. The lowest BCUT2D eigenvalue weighted by Crippen LogP contribution is -2.44. The summed E-state index contributed by atoms with van der Waals surface area (Å²) in [4.78, 5) is 39.1. The van der Waals surface area contributed by atoms with Crippen LogP contribution in [0.3, 0.4) is 0 Å². The number of ether oxygens (including phenoxy) is 1. The van der Waals surface area contributed by atoms with Gasteiger partial charge in [0, 0.05) is 41.3 Å². The molecule has 1 aliphatic heterocycles. The predicted octanol–water partition coefficient (Wildman–Crippen LogP) is 3.57. The Morgan fingerprint density at radius 2 is 2.08 bits per heavy atom. The number of hydrazone groups is 1. The van der Waals surface area contributed by atoms with Gasteiger partial charge in [-0.15, -0.1) is 0 Å². The highest BCUT2D eigenvalue weighted by molar-refractivity contribution is 6.32. The zero-order chi connectivity index (χ0) is 25.7. The number of nitrogens with one attached hydrogen (secondary N) is 1. The van der Waals surface area contributed by atoms with Crippen molar-refractivity contribution in [1.82, 2.24) is 14.9 Å². The van der Waals surface area contributed by atoms with Gasteiger partial charge in [0.25, 0.3) is 5.91 Å². The number of fused-ring (bicyclic) bond motifs is 1. The molecule has 2 N–H and O–H groups in total. The van der Waals surface area contributed by atoms with E-state index in [4.69, 9.17) is 16.3 Å². The molecule has 9 nitrogen and oxygen atoms in total. The third-order valence-corrected chi connectivity index (χ3v) is 6.43. The fourth-order valence-electron chi connectivity index (χ4n) is 4.27. The molecule has 0 radical (unpaired) electrons. The van der Waals surface area contributed by atoms with Gasteiger partial charge in [0.2, 0.25) is 5.91 Å². The minimum absolute atomic E-state index is 0.0552. The van der Waals surface area contributed by atoms with Crippen LogP contribution in [0, 0.1) is 5.92 Å². The average molecular weight is 511 g/mol. The number of halogens is 1. The van der Waals surface area contributed by atoms with Crippen LogP contribution in [-0.4, -0.2) is 58.3 Å².